The third kappa shape index (κ3) is 3.86. The molecule has 0 aromatic carbocycles. The fraction of sp³-hybridized carbons (Fsp3) is 0.714. The lowest BCUT2D eigenvalue weighted by molar-refractivity contribution is -0.0556. The van der Waals surface area contributed by atoms with E-state index < -0.39 is 0 Å². The van der Waals surface area contributed by atoms with Crippen molar-refractivity contribution in [2.24, 2.45) is 0 Å². The summed E-state index contributed by atoms with van der Waals surface area (Å²) in [4.78, 5) is 0. The highest BCUT2D eigenvalue weighted by atomic mass is 16.5. The smallest absolute Gasteiger partial charge is 0.105 e. The van der Waals surface area contributed by atoms with E-state index in [2.05, 4.69) is 26.1 Å². The number of furan rings is 1. The summed E-state index contributed by atoms with van der Waals surface area (Å²) in [5, 5.41) is 3.51. The van der Waals surface area contributed by atoms with Gasteiger partial charge in [-0.3, -0.25) is 0 Å². The molecule has 0 saturated heterocycles. The predicted molar refractivity (Wildman–Crippen MR) is 70.2 cm³/mol. The molecule has 2 unspecified atom stereocenters. The Hall–Kier alpha value is -0.800. The van der Waals surface area contributed by atoms with Crippen LogP contribution in [-0.4, -0.2) is 24.8 Å². The van der Waals surface area contributed by atoms with Crippen molar-refractivity contribution in [2.75, 3.05) is 13.2 Å². The Morgan fingerprint density at radius 3 is 2.65 bits per heavy atom. The van der Waals surface area contributed by atoms with Crippen molar-refractivity contribution in [3.05, 3.63) is 24.2 Å². The summed E-state index contributed by atoms with van der Waals surface area (Å²) in [6.45, 7) is 10.2. The summed E-state index contributed by atoms with van der Waals surface area (Å²) in [6.07, 6.45) is 3.58. The minimum Gasteiger partial charge on any atom is -0.469 e. The van der Waals surface area contributed by atoms with Crippen molar-refractivity contribution in [3.8, 4) is 0 Å². The van der Waals surface area contributed by atoms with Crippen LogP contribution >= 0.6 is 0 Å². The minimum atomic E-state index is -0.141. The standard InChI is InChI=1S/C14H25NO2/c1-5-14(4,17-7-3)13(15-6-2)11-12-9-8-10-16-12/h8-10,13,15H,5-7,11H2,1-4H3. The van der Waals surface area contributed by atoms with Gasteiger partial charge >= 0.3 is 0 Å². The van der Waals surface area contributed by atoms with E-state index in [0.29, 0.717) is 0 Å². The molecular weight excluding hydrogens is 214 g/mol. The monoisotopic (exact) mass is 239 g/mol. The van der Waals surface area contributed by atoms with E-state index in [1.54, 1.807) is 6.26 Å². The van der Waals surface area contributed by atoms with Crippen LogP contribution in [0.1, 0.15) is 39.9 Å². The van der Waals surface area contributed by atoms with Crippen LogP contribution in [0.25, 0.3) is 0 Å². The molecule has 98 valence electrons. The fourth-order valence-electron chi connectivity index (χ4n) is 2.16. The van der Waals surface area contributed by atoms with Crippen LogP contribution in [0.5, 0.6) is 0 Å². The molecule has 0 bridgehead atoms. The van der Waals surface area contributed by atoms with Crippen molar-refractivity contribution < 1.29 is 9.15 Å². The van der Waals surface area contributed by atoms with Crippen molar-refractivity contribution in [3.63, 3.8) is 0 Å². The van der Waals surface area contributed by atoms with Crippen molar-refractivity contribution in [1.82, 2.24) is 5.32 Å². The van der Waals surface area contributed by atoms with Crippen LogP contribution in [0.4, 0.5) is 0 Å². The molecule has 0 aliphatic carbocycles. The molecule has 1 heterocycles. The van der Waals surface area contributed by atoms with Gasteiger partial charge in [0.1, 0.15) is 5.76 Å². The van der Waals surface area contributed by atoms with E-state index in [1.807, 2.05) is 19.1 Å². The zero-order chi connectivity index (χ0) is 12.7. The van der Waals surface area contributed by atoms with E-state index in [4.69, 9.17) is 9.15 Å². The Bertz CT molecular complexity index is 297. The Morgan fingerprint density at radius 2 is 2.18 bits per heavy atom. The van der Waals surface area contributed by atoms with Gasteiger partial charge < -0.3 is 14.5 Å². The Labute approximate surface area is 105 Å². The number of likely N-dealkylation sites (N-methyl/N-ethyl adjacent to an activating group) is 1. The number of hydrogen-bond donors (Lipinski definition) is 1. The minimum absolute atomic E-state index is 0.141. The maximum atomic E-state index is 5.94. The van der Waals surface area contributed by atoms with Crippen LogP contribution in [-0.2, 0) is 11.2 Å². The first-order valence-corrected chi connectivity index (χ1v) is 6.56. The van der Waals surface area contributed by atoms with E-state index in [0.717, 1.165) is 31.8 Å². The first-order valence-electron chi connectivity index (χ1n) is 6.56. The van der Waals surface area contributed by atoms with E-state index >= 15 is 0 Å². The lowest BCUT2D eigenvalue weighted by atomic mass is 9.89. The maximum absolute atomic E-state index is 5.94. The molecular formula is C14H25NO2. The summed E-state index contributed by atoms with van der Waals surface area (Å²) in [5.74, 6) is 1.01. The zero-order valence-corrected chi connectivity index (χ0v) is 11.5. The molecule has 1 aromatic heterocycles. The molecule has 17 heavy (non-hydrogen) atoms. The average molecular weight is 239 g/mol. The lowest BCUT2D eigenvalue weighted by Gasteiger charge is -2.37. The van der Waals surface area contributed by atoms with Crippen LogP contribution < -0.4 is 5.32 Å². The van der Waals surface area contributed by atoms with Crippen LogP contribution in [0.15, 0.2) is 22.8 Å². The van der Waals surface area contributed by atoms with Crippen molar-refractivity contribution in [1.29, 1.82) is 0 Å². The highest BCUT2D eigenvalue weighted by Crippen LogP contribution is 2.23. The quantitative estimate of drug-likeness (QED) is 0.757. The van der Waals surface area contributed by atoms with Crippen LogP contribution in [0, 0.1) is 0 Å². The summed E-state index contributed by atoms with van der Waals surface area (Å²) >= 11 is 0. The molecule has 0 amide bonds. The number of hydrogen-bond acceptors (Lipinski definition) is 3. The second-order valence-corrected chi connectivity index (χ2v) is 4.49. The molecule has 0 radical (unpaired) electrons. The topological polar surface area (TPSA) is 34.4 Å². The SMILES string of the molecule is CCNC(Cc1ccco1)C(C)(CC)OCC. The van der Waals surface area contributed by atoms with E-state index in [-0.39, 0.29) is 11.6 Å². The largest absolute Gasteiger partial charge is 0.469 e. The second-order valence-electron chi connectivity index (χ2n) is 4.49. The van der Waals surface area contributed by atoms with Crippen LogP contribution in [0.2, 0.25) is 0 Å². The molecule has 0 saturated carbocycles. The molecule has 1 aromatic rings. The molecule has 1 rings (SSSR count). The third-order valence-electron chi connectivity index (χ3n) is 3.35. The molecule has 3 nitrogen and oxygen atoms in total. The van der Waals surface area contributed by atoms with Gasteiger partial charge in [0.05, 0.1) is 11.9 Å². The average Bonchev–Trinajstić information content (AvgIpc) is 2.81. The number of nitrogens with one attached hydrogen (secondary N) is 1. The second kappa shape index (κ2) is 6.82. The third-order valence-corrected chi connectivity index (χ3v) is 3.35. The Morgan fingerprint density at radius 1 is 1.41 bits per heavy atom. The van der Waals surface area contributed by atoms with Crippen molar-refractivity contribution in [2.45, 2.75) is 52.2 Å². The van der Waals surface area contributed by atoms with Gasteiger partial charge in [0.25, 0.3) is 0 Å². The molecule has 3 heteroatoms. The van der Waals surface area contributed by atoms with E-state index in [1.165, 1.54) is 0 Å². The molecule has 0 fully saturated rings. The zero-order valence-electron chi connectivity index (χ0n) is 11.5. The van der Waals surface area contributed by atoms with Gasteiger partial charge in [0.2, 0.25) is 0 Å². The Balaban J connectivity index is 2.75. The van der Waals surface area contributed by atoms with E-state index in [9.17, 15) is 0 Å². The summed E-state index contributed by atoms with van der Waals surface area (Å²) in [7, 11) is 0. The molecule has 0 aliphatic rings. The first-order chi connectivity index (χ1) is 8.16. The van der Waals surface area contributed by atoms with Gasteiger partial charge in [0.15, 0.2) is 0 Å². The molecule has 0 aliphatic heterocycles. The van der Waals surface area contributed by atoms with Gasteiger partial charge in [-0.15, -0.1) is 0 Å². The van der Waals surface area contributed by atoms with Crippen molar-refractivity contribution >= 4 is 0 Å². The molecule has 2 atom stereocenters. The van der Waals surface area contributed by atoms with Gasteiger partial charge in [-0.25, -0.2) is 0 Å². The number of ether oxygens (including phenoxy) is 1. The predicted octanol–water partition coefficient (Wildman–Crippen LogP) is 3.01. The van der Waals surface area contributed by atoms with Gasteiger partial charge in [-0.2, -0.15) is 0 Å². The van der Waals surface area contributed by atoms with Crippen LogP contribution in [0.3, 0.4) is 0 Å². The fourth-order valence-corrected chi connectivity index (χ4v) is 2.16. The normalized spacial score (nSPS) is 16.7. The highest BCUT2D eigenvalue weighted by Gasteiger charge is 2.33. The maximum Gasteiger partial charge on any atom is 0.105 e. The molecule has 0 spiro atoms. The molecule has 1 N–H and O–H groups in total. The van der Waals surface area contributed by atoms with Gasteiger partial charge in [-0.1, -0.05) is 13.8 Å². The van der Waals surface area contributed by atoms with Gasteiger partial charge in [0, 0.05) is 19.1 Å². The highest BCUT2D eigenvalue weighted by molar-refractivity contribution is 5.04. The summed E-state index contributed by atoms with van der Waals surface area (Å²) in [5.41, 5.74) is -0.141. The first kappa shape index (κ1) is 14.3. The van der Waals surface area contributed by atoms with Gasteiger partial charge in [-0.05, 0) is 38.9 Å². The number of rotatable bonds is 8. The summed E-state index contributed by atoms with van der Waals surface area (Å²) in [6, 6.07) is 4.23. The Kier molecular flexibility index (Phi) is 5.72. The lowest BCUT2D eigenvalue weighted by Crippen LogP contribution is -2.51. The summed E-state index contributed by atoms with van der Waals surface area (Å²) < 4.78 is 11.4.